The van der Waals surface area contributed by atoms with Crippen molar-refractivity contribution in [2.75, 3.05) is 32.5 Å². The van der Waals surface area contributed by atoms with E-state index in [-0.39, 0.29) is 0 Å². The Labute approximate surface area is 145 Å². The zero-order valence-electron chi connectivity index (χ0n) is 14.9. The van der Waals surface area contributed by atoms with Gasteiger partial charge in [-0.15, -0.1) is 0 Å². The second-order valence-electron chi connectivity index (χ2n) is 6.23. The van der Waals surface area contributed by atoms with E-state index in [1.54, 1.807) is 0 Å². The molecule has 0 bridgehead atoms. The number of aryl methyl sites for hydroxylation is 1. The molecule has 4 heteroatoms. The summed E-state index contributed by atoms with van der Waals surface area (Å²) in [7, 11) is 2.18. The largest absolute Gasteiger partial charge is 0.491 e. The Balaban J connectivity index is 1.70. The molecule has 24 heavy (non-hydrogen) atoms. The molecule has 0 saturated carbocycles. The van der Waals surface area contributed by atoms with Crippen molar-refractivity contribution in [2.45, 2.75) is 32.6 Å². The van der Waals surface area contributed by atoms with Crippen molar-refractivity contribution < 1.29 is 4.74 Å². The Kier molecular flexibility index (Phi) is 7.56. The number of nitrogens with two attached hydrogens (primary N) is 1. The maximum atomic E-state index is 6.07. The third-order valence-corrected chi connectivity index (χ3v) is 4.07. The van der Waals surface area contributed by atoms with Gasteiger partial charge in [-0.1, -0.05) is 13.0 Å². The summed E-state index contributed by atoms with van der Waals surface area (Å²) >= 11 is 0. The van der Waals surface area contributed by atoms with Gasteiger partial charge < -0.3 is 15.4 Å². The van der Waals surface area contributed by atoms with Crippen molar-refractivity contribution in [1.29, 1.82) is 0 Å². The maximum Gasteiger partial charge on any atom is 0.142 e. The van der Waals surface area contributed by atoms with Gasteiger partial charge in [0.1, 0.15) is 5.75 Å². The van der Waals surface area contributed by atoms with E-state index in [0.29, 0.717) is 6.61 Å². The van der Waals surface area contributed by atoms with Crippen molar-refractivity contribution in [1.82, 2.24) is 9.88 Å². The number of nitrogens with zero attached hydrogens (tertiary/aromatic N) is 2. The summed E-state index contributed by atoms with van der Waals surface area (Å²) in [6.45, 7) is 4.95. The van der Waals surface area contributed by atoms with E-state index in [9.17, 15) is 0 Å². The summed E-state index contributed by atoms with van der Waals surface area (Å²) in [6.07, 6.45) is 7.93. The first-order valence-corrected chi connectivity index (χ1v) is 8.77. The molecule has 1 aromatic carbocycles. The molecular weight excluding hydrogens is 298 g/mol. The first-order chi connectivity index (χ1) is 11.7. The second-order valence-corrected chi connectivity index (χ2v) is 6.23. The molecule has 0 spiro atoms. The number of nitrogen functional groups attached to an aromatic ring is 1. The Morgan fingerprint density at radius 3 is 2.54 bits per heavy atom. The van der Waals surface area contributed by atoms with Crippen molar-refractivity contribution in [3.8, 4) is 5.75 Å². The number of likely N-dealkylation sites (N-methyl/N-ethyl adjacent to an activating group) is 1. The van der Waals surface area contributed by atoms with E-state index in [1.165, 1.54) is 11.1 Å². The Hall–Kier alpha value is -2.07. The van der Waals surface area contributed by atoms with Gasteiger partial charge >= 0.3 is 0 Å². The molecule has 1 aromatic heterocycles. The van der Waals surface area contributed by atoms with Crippen LogP contribution in [0.1, 0.15) is 30.9 Å². The molecule has 0 aliphatic heterocycles. The van der Waals surface area contributed by atoms with Gasteiger partial charge in [0.25, 0.3) is 0 Å². The van der Waals surface area contributed by atoms with E-state index >= 15 is 0 Å². The van der Waals surface area contributed by atoms with Crippen molar-refractivity contribution >= 4 is 5.69 Å². The first kappa shape index (κ1) is 18.3. The van der Waals surface area contributed by atoms with Gasteiger partial charge in [0.05, 0.1) is 12.3 Å². The third-order valence-electron chi connectivity index (χ3n) is 4.07. The molecule has 0 radical (unpaired) electrons. The predicted molar refractivity (Wildman–Crippen MR) is 100 cm³/mol. The molecule has 0 amide bonds. The highest BCUT2D eigenvalue weighted by molar-refractivity contribution is 5.54. The number of benzene rings is 1. The van der Waals surface area contributed by atoms with Gasteiger partial charge in [-0.05, 0) is 74.7 Å². The average Bonchev–Trinajstić information content (AvgIpc) is 2.60. The molecule has 4 nitrogen and oxygen atoms in total. The highest BCUT2D eigenvalue weighted by Crippen LogP contribution is 2.23. The molecule has 1 heterocycles. The lowest BCUT2D eigenvalue weighted by atomic mass is 10.1. The van der Waals surface area contributed by atoms with Crippen LogP contribution in [0, 0.1) is 0 Å². The molecule has 0 saturated heterocycles. The molecule has 0 unspecified atom stereocenters. The van der Waals surface area contributed by atoms with E-state index in [0.717, 1.165) is 50.2 Å². The van der Waals surface area contributed by atoms with Crippen LogP contribution in [0.15, 0.2) is 42.7 Å². The monoisotopic (exact) mass is 327 g/mol. The van der Waals surface area contributed by atoms with Crippen LogP contribution in [-0.2, 0) is 12.8 Å². The van der Waals surface area contributed by atoms with E-state index < -0.39 is 0 Å². The summed E-state index contributed by atoms with van der Waals surface area (Å²) in [5.41, 5.74) is 9.42. The number of pyridine rings is 1. The lowest BCUT2D eigenvalue weighted by molar-refractivity contribution is 0.319. The number of aromatic nitrogens is 1. The van der Waals surface area contributed by atoms with E-state index in [4.69, 9.17) is 10.5 Å². The van der Waals surface area contributed by atoms with Gasteiger partial charge in [0.15, 0.2) is 0 Å². The fourth-order valence-corrected chi connectivity index (χ4v) is 2.63. The SMILES string of the molecule is CCCOc1ccc(CCCN(C)CCc2ccncc2)cc1N. The Bertz CT molecular complexity index is 601. The smallest absolute Gasteiger partial charge is 0.142 e. The average molecular weight is 327 g/mol. The van der Waals surface area contributed by atoms with Crippen LogP contribution >= 0.6 is 0 Å². The molecule has 130 valence electrons. The van der Waals surface area contributed by atoms with Crippen molar-refractivity contribution in [2.24, 2.45) is 0 Å². The number of hydrogen-bond donors (Lipinski definition) is 1. The fourth-order valence-electron chi connectivity index (χ4n) is 2.63. The highest BCUT2D eigenvalue weighted by Gasteiger charge is 2.04. The van der Waals surface area contributed by atoms with E-state index in [1.807, 2.05) is 24.5 Å². The van der Waals surface area contributed by atoms with E-state index in [2.05, 4.69) is 42.1 Å². The summed E-state index contributed by atoms with van der Waals surface area (Å²) < 4.78 is 5.62. The zero-order chi connectivity index (χ0) is 17.2. The van der Waals surface area contributed by atoms with Crippen LogP contribution in [0.4, 0.5) is 5.69 Å². The quantitative estimate of drug-likeness (QED) is 0.678. The number of hydrogen-bond acceptors (Lipinski definition) is 4. The summed E-state index contributed by atoms with van der Waals surface area (Å²) in [6, 6.07) is 10.3. The number of rotatable bonds is 10. The first-order valence-electron chi connectivity index (χ1n) is 8.77. The highest BCUT2D eigenvalue weighted by atomic mass is 16.5. The van der Waals surface area contributed by atoms with Gasteiger partial charge in [-0.25, -0.2) is 0 Å². The van der Waals surface area contributed by atoms with Gasteiger partial charge in [0, 0.05) is 18.9 Å². The molecular formula is C20H29N3O. The van der Waals surface area contributed by atoms with Gasteiger partial charge in [-0.2, -0.15) is 0 Å². The second kappa shape index (κ2) is 9.93. The zero-order valence-corrected chi connectivity index (χ0v) is 14.9. The molecule has 0 aliphatic rings. The molecule has 2 aromatic rings. The topological polar surface area (TPSA) is 51.4 Å². The van der Waals surface area contributed by atoms with Crippen LogP contribution in [0.3, 0.4) is 0 Å². The number of anilines is 1. The normalized spacial score (nSPS) is 11.0. The molecule has 0 fully saturated rings. The minimum absolute atomic E-state index is 0.714. The summed E-state index contributed by atoms with van der Waals surface area (Å²) in [5.74, 6) is 0.801. The standard InChI is InChI=1S/C20H29N3O/c1-3-15-24-20-7-6-18(16-19(20)21)5-4-13-23(2)14-10-17-8-11-22-12-9-17/h6-9,11-12,16H,3-5,10,13-15,21H2,1-2H3. The Morgan fingerprint density at radius 1 is 1.04 bits per heavy atom. The molecule has 2 N–H and O–H groups in total. The number of ether oxygens (including phenoxy) is 1. The summed E-state index contributed by atoms with van der Waals surface area (Å²) in [4.78, 5) is 6.43. The van der Waals surface area contributed by atoms with Gasteiger partial charge in [0.2, 0.25) is 0 Å². The molecule has 0 atom stereocenters. The van der Waals surface area contributed by atoms with Crippen molar-refractivity contribution in [3.63, 3.8) is 0 Å². The van der Waals surface area contributed by atoms with Crippen LogP contribution in [0.2, 0.25) is 0 Å². The maximum absolute atomic E-state index is 6.07. The van der Waals surface area contributed by atoms with Crippen LogP contribution < -0.4 is 10.5 Å². The predicted octanol–water partition coefficient (Wildman–Crippen LogP) is 3.56. The van der Waals surface area contributed by atoms with Crippen molar-refractivity contribution in [3.05, 3.63) is 53.9 Å². The molecule has 0 aliphatic carbocycles. The van der Waals surface area contributed by atoms with Crippen LogP contribution in [-0.4, -0.2) is 36.6 Å². The minimum Gasteiger partial charge on any atom is -0.491 e. The minimum atomic E-state index is 0.714. The third kappa shape index (κ3) is 6.20. The lowest BCUT2D eigenvalue weighted by Crippen LogP contribution is -2.22. The van der Waals surface area contributed by atoms with Crippen LogP contribution in [0.25, 0.3) is 0 Å². The summed E-state index contributed by atoms with van der Waals surface area (Å²) in [5, 5.41) is 0. The fraction of sp³-hybridized carbons (Fsp3) is 0.450. The van der Waals surface area contributed by atoms with Gasteiger partial charge in [-0.3, -0.25) is 4.98 Å². The Morgan fingerprint density at radius 2 is 1.83 bits per heavy atom. The molecule has 2 rings (SSSR count). The lowest BCUT2D eigenvalue weighted by Gasteiger charge is -2.16. The van der Waals surface area contributed by atoms with Crippen LogP contribution in [0.5, 0.6) is 5.75 Å².